The molecule has 0 heterocycles. The number of esters is 1. The van der Waals surface area contributed by atoms with Gasteiger partial charge < -0.3 is 9.64 Å². The van der Waals surface area contributed by atoms with Crippen LogP contribution < -0.4 is 0 Å². The predicted molar refractivity (Wildman–Crippen MR) is 101 cm³/mol. The number of nitrogens with zero attached hydrogens (tertiary/aromatic N) is 1. The van der Waals surface area contributed by atoms with Crippen molar-refractivity contribution in [3.63, 3.8) is 0 Å². The Morgan fingerprint density at radius 3 is 1.96 bits per heavy atom. The number of likely N-dealkylation sites (N-methyl/N-ethyl adjacent to an activating group) is 1. The van der Waals surface area contributed by atoms with Gasteiger partial charge in [-0.2, -0.15) is 0 Å². The molecule has 0 aromatic heterocycles. The molecule has 0 bridgehead atoms. The summed E-state index contributed by atoms with van der Waals surface area (Å²) in [5.41, 5.74) is 1.62. The van der Waals surface area contributed by atoms with Gasteiger partial charge in [0.2, 0.25) is 0 Å². The van der Waals surface area contributed by atoms with Gasteiger partial charge in [-0.05, 0) is 26.6 Å². The number of allylic oxidation sites excluding steroid dienone is 2. The first-order chi connectivity index (χ1) is 10.9. The molecule has 0 radical (unpaired) electrons. The summed E-state index contributed by atoms with van der Waals surface area (Å²) in [6, 6.07) is 10.0. The molecular formula is C20H29NO2. The zero-order valence-corrected chi connectivity index (χ0v) is 14.6. The minimum Gasteiger partial charge on any atom is -0.461 e. The molecule has 0 unspecified atom stereocenters. The average molecular weight is 315 g/mol. The van der Waals surface area contributed by atoms with Crippen LogP contribution in [0.15, 0.2) is 74.4 Å². The van der Waals surface area contributed by atoms with E-state index < -0.39 is 0 Å². The van der Waals surface area contributed by atoms with Crippen LogP contribution in [0.2, 0.25) is 0 Å². The van der Waals surface area contributed by atoms with Crippen LogP contribution in [-0.2, 0) is 9.53 Å². The highest BCUT2D eigenvalue weighted by Crippen LogP contribution is 1.97. The molecule has 0 aliphatic carbocycles. The molecule has 1 aromatic carbocycles. The zero-order chi connectivity index (χ0) is 18.1. The number of ether oxygens (including phenoxy) is 1. The first kappa shape index (κ1) is 22.9. The fraction of sp³-hybridized carbons (Fsp3) is 0.250. The van der Waals surface area contributed by atoms with Crippen molar-refractivity contribution in [3.8, 4) is 0 Å². The third kappa shape index (κ3) is 17.6. The van der Waals surface area contributed by atoms with Crippen LogP contribution in [0.4, 0.5) is 0 Å². The van der Waals surface area contributed by atoms with Gasteiger partial charge in [0.25, 0.3) is 0 Å². The van der Waals surface area contributed by atoms with E-state index >= 15 is 0 Å². The lowest BCUT2D eigenvalue weighted by atomic mass is 10.2. The zero-order valence-electron chi connectivity index (χ0n) is 14.6. The number of hydrogen-bond acceptors (Lipinski definition) is 3. The van der Waals surface area contributed by atoms with E-state index in [1.54, 1.807) is 19.1 Å². The van der Waals surface area contributed by atoms with Crippen LogP contribution in [-0.4, -0.2) is 38.1 Å². The molecule has 0 saturated carbocycles. The van der Waals surface area contributed by atoms with Crippen molar-refractivity contribution in [2.45, 2.75) is 6.92 Å². The Morgan fingerprint density at radius 1 is 1.13 bits per heavy atom. The number of rotatable bonds is 6. The maximum Gasteiger partial charge on any atom is 0.333 e. The van der Waals surface area contributed by atoms with E-state index in [0.29, 0.717) is 12.2 Å². The minimum atomic E-state index is -0.313. The van der Waals surface area contributed by atoms with Gasteiger partial charge in [-0.15, -0.1) is 0 Å². The Labute approximate surface area is 141 Å². The summed E-state index contributed by atoms with van der Waals surface area (Å²) in [6.07, 6.45) is 5.11. The lowest BCUT2D eigenvalue weighted by Gasteiger charge is -2.09. The van der Waals surface area contributed by atoms with Crippen LogP contribution in [0.3, 0.4) is 0 Å². The highest BCUT2D eigenvalue weighted by atomic mass is 16.5. The fourth-order valence-electron chi connectivity index (χ4n) is 1.03. The van der Waals surface area contributed by atoms with Gasteiger partial charge in [0, 0.05) is 12.1 Å². The monoisotopic (exact) mass is 315 g/mol. The van der Waals surface area contributed by atoms with Gasteiger partial charge in [-0.3, -0.25) is 0 Å². The van der Waals surface area contributed by atoms with E-state index in [9.17, 15) is 4.79 Å². The van der Waals surface area contributed by atoms with Gasteiger partial charge >= 0.3 is 5.97 Å². The number of benzene rings is 1. The van der Waals surface area contributed by atoms with Crippen molar-refractivity contribution < 1.29 is 9.53 Å². The van der Waals surface area contributed by atoms with Crippen LogP contribution in [0, 0.1) is 0 Å². The number of carbonyl (C=O) groups excluding carboxylic acids is 1. The van der Waals surface area contributed by atoms with Gasteiger partial charge in [-0.1, -0.05) is 74.9 Å². The first-order valence-corrected chi connectivity index (χ1v) is 7.27. The molecule has 0 spiro atoms. The van der Waals surface area contributed by atoms with Crippen molar-refractivity contribution >= 4 is 12.0 Å². The summed E-state index contributed by atoms with van der Waals surface area (Å²) < 4.78 is 4.83. The number of hydrogen-bond donors (Lipinski definition) is 0. The van der Waals surface area contributed by atoms with Gasteiger partial charge in [0.1, 0.15) is 6.61 Å². The Hall–Kier alpha value is -2.39. The fourth-order valence-corrected chi connectivity index (χ4v) is 1.03. The average Bonchev–Trinajstić information content (AvgIpc) is 2.55. The van der Waals surface area contributed by atoms with Crippen LogP contribution in [0.1, 0.15) is 12.5 Å². The van der Waals surface area contributed by atoms with Crippen molar-refractivity contribution in [3.05, 3.63) is 79.9 Å². The summed E-state index contributed by atoms with van der Waals surface area (Å²) >= 11 is 0. The third-order valence-corrected chi connectivity index (χ3v) is 2.32. The summed E-state index contributed by atoms with van der Waals surface area (Å²) in [4.78, 5) is 12.7. The predicted octanol–water partition coefficient (Wildman–Crippen LogP) is 4.36. The summed E-state index contributed by atoms with van der Waals surface area (Å²) in [5, 5.41) is 0. The summed E-state index contributed by atoms with van der Waals surface area (Å²) in [7, 11) is 3.85. The van der Waals surface area contributed by atoms with E-state index in [0.717, 1.165) is 6.54 Å². The Bertz CT molecular complexity index is 470. The normalized spacial score (nSPS) is 8.52. The number of carbonyl (C=O) groups is 1. The molecule has 0 amide bonds. The second-order valence-electron chi connectivity index (χ2n) is 4.81. The molecule has 1 rings (SSSR count). The molecule has 0 fully saturated rings. The lowest BCUT2D eigenvalue weighted by molar-refractivity contribution is -0.139. The quantitative estimate of drug-likeness (QED) is 0.444. The van der Waals surface area contributed by atoms with Crippen LogP contribution in [0.25, 0.3) is 6.08 Å². The lowest BCUT2D eigenvalue weighted by Crippen LogP contribution is -2.20. The van der Waals surface area contributed by atoms with E-state index in [1.165, 1.54) is 5.56 Å². The highest BCUT2D eigenvalue weighted by Gasteiger charge is 2.01. The molecular weight excluding hydrogens is 286 g/mol. The molecule has 23 heavy (non-hydrogen) atoms. The van der Waals surface area contributed by atoms with Gasteiger partial charge in [0.05, 0.1) is 0 Å². The first-order valence-electron chi connectivity index (χ1n) is 7.27. The second-order valence-corrected chi connectivity index (χ2v) is 4.81. The van der Waals surface area contributed by atoms with E-state index in [1.807, 2.05) is 55.4 Å². The third-order valence-electron chi connectivity index (χ3n) is 2.32. The van der Waals surface area contributed by atoms with Crippen molar-refractivity contribution in [1.29, 1.82) is 0 Å². The molecule has 0 aliphatic rings. The van der Waals surface area contributed by atoms with E-state index in [-0.39, 0.29) is 5.97 Å². The highest BCUT2D eigenvalue weighted by molar-refractivity contribution is 5.86. The minimum absolute atomic E-state index is 0.313. The molecule has 1 aromatic rings. The van der Waals surface area contributed by atoms with Crippen LogP contribution in [0.5, 0.6) is 0 Å². The van der Waals surface area contributed by atoms with Gasteiger partial charge in [0.15, 0.2) is 0 Å². The SMILES string of the molecule is C=C(C)C(=O)OCCN(C)C.C=CC=C.C=Cc1ccccc1. The molecule has 3 nitrogen and oxygen atoms in total. The Balaban J connectivity index is 0. The van der Waals surface area contributed by atoms with Gasteiger partial charge in [-0.25, -0.2) is 4.79 Å². The van der Waals surface area contributed by atoms with Crippen molar-refractivity contribution in [2.24, 2.45) is 0 Å². The molecule has 126 valence electrons. The summed E-state index contributed by atoms with van der Waals surface area (Å²) in [6.45, 7) is 16.6. The maximum absolute atomic E-state index is 10.8. The topological polar surface area (TPSA) is 29.5 Å². The maximum atomic E-state index is 10.8. The largest absolute Gasteiger partial charge is 0.461 e. The molecule has 3 heteroatoms. The second kappa shape index (κ2) is 16.0. The molecule has 0 N–H and O–H groups in total. The standard InChI is InChI=1S/C8H15NO2.C8H8.C4H6/c1-7(2)8(10)11-6-5-9(3)4;1-2-8-6-4-3-5-7-8;1-3-4-2/h1,5-6H2,2-4H3;2-7H,1H2;3-4H,1-2H2. The van der Waals surface area contributed by atoms with Crippen molar-refractivity contribution in [1.82, 2.24) is 4.90 Å². The Morgan fingerprint density at radius 2 is 1.65 bits per heavy atom. The molecule has 0 saturated heterocycles. The molecule has 0 aliphatic heterocycles. The van der Waals surface area contributed by atoms with Crippen LogP contribution >= 0.6 is 0 Å². The molecule has 0 atom stereocenters. The smallest absolute Gasteiger partial charge is 0.333 e. The Kier molecular flexibility index (Phi) is 15.9. The van der Waals surface area contributed by atoms with E-state index in [2.05, 4.69) is 26.3 Å². The van der Waals surface area contributed by atoms with Crippen molar-refractivity contribution in [2.75, 3.05) is 27.2 Å². The summed E-state index contributed by atoms with van der Waals surface area (Å²) in [5.74, 6) is -0.313. The van der Waals surface area contributed by atoms with E-state index in [4.69, 9.17) is 4.74 Å².